The van der Waals surface area contributed by atoms with Crippen LogP contribution in [0.25, 0.3) is 0 Å². The summed E-state index contributed by atoms with van der Waals surface area (Å²) >= 11 is 0. The maximum Gasteiger partial charge on any atom is 0.573 e. The van der Waals surface area contributed by atoms with Crippen molar-refractivity contribution in [1.82, 2.24) is 5.32 Å². The molecule has 96 valence electrons. The number of hydrogen-bond donors (Lipinski definition) is 1. The Kier molecular flexibility index (Phi) is 4.21. The van der Waals surface area contributed by atoms with Gasteiger partial charge in [-0.15, -0.1) is 25.6 Å². The van der Waals surface area contributed by atoms with Gasteiger partial charge in [0.15, 0.2) is 0 Å². The molecule has 7 heteroatoms. The predicted molar refractivity (Wildman–Crippen MR) is 55.7 cm³/mol. The van der Waals surface area contributed by atoms with E-state index in [0.29, 0.717) is 6.42 Å². The SMILES string of the molecule is Cl.Fc1ccc(OC(F)(F)F)cc1[C@H]1CCN1. The van der Waals surface area contributed by atoms with E-state index in [0.717, 1.165) is 24.7 Å². The van der Waals surface area contributed by atoms with Crippen LogP contribution in [0.15, 0.2) is 18.2 Å². The summed E-state index contributed by atoms with van der Waals surface area (Å²) in [4.78, 5) is 0. The van der Waals surface area contributed by atoms with Crippen molar-refractivity contribution >= 4 is 12.4 Å². The first-order valence-corrected chi connectivity index (χ1v) is 4.74. The van der Waals surface area contributed by atoms with Crippen LogP contribution in [0.5, 0.6) is 5.75 Å². The Morgan fingerprint density at radius 3 is 2.41 bits per heavy atom. The lowest BCUT2D eigenvalue weighted by molar-refractivity contribution is -0.274. The number of nitrogens with one attached hydrogen (secondary N) is 1. The van der Waals surface area contributed by atoms with Gasteiger partial charge in [-0.25, -0.2) is 4.39 Å². The molecule has 0 aromatic heterocycles. The van der Waals surface area contributed by atoms with Crippen molar-refractivity contribution in [2.75, 3.05) is 6.54 Å². The average molecular weight is 272 g/mol. The Balaban J connectivity index is 0.00000144. The van der Waals surface area contributed by atoms with Crippen LogP contribution >= 0.6 is 12.4 Å². The van der Waals surface area contributed by atoms with Crippen LogP contribution in [0.4, 0.5) is 17.6 Å². The van der Waals surface area contributed by atoms with Crippen molar-refractivity contribution in [3.63, 3.8) is 0 Å². The first-order chi connectivity index (χ1) is 7.46. The normalized spacial score (nSPS) is 19.2. The van der Waals surface area contributed by atoms with Crippen LogP contribution in [0, 0.1) is 5.82 Å². The topological polar surface area (TPSA) is 21.3 Å². The molecule has 1 fully saturated rings. The summed E-state index contributed by atoms with van der Waals surface area (Å²) in [5.41, 5.74) is 0.216. The van der Waals surface area contributed by atoms with E-state index in [2.05, 4.69) is 10.1 Å². The molecule has 0 aliphatic carbocycles. The van der Waals surface area contributed by atoms with Gasteiger partial charge >= 0.3 is 6.36 Å². The maximum absolute atomic E-state index is 13.3. The van der Waals surface area contributed by atoms with Crippen LogP contribution in [0.1, 0.15) is 18.0 Å². The first kappa shape index (κ1) is 14.1. The van der Waals surface area contributed by atoms with E-state index in [4.69, 9.17) is 0 Å². The minimum atomic E-state index is -4.75. The Bertz CT molecular complexity index is 392. The van der Waals surface area contributed by atoms with E-state index >= 15 is 0 Å². The van der Waals surface area contributed by atoms with Crippen molar-refractivity contribution in [2.45, 2.75) is 18.8 Å². The van der Waals surface area contributed by atoms with Crippen molar-refractivity contribution in [2.24, 2.45) is 0 Å². The number of hydrogen-bond acceptors (Lipinski definition) is 2. The highest BCUT2D eigenvalue weighted by atomic mass is 35.5. The highest BCUT2D eigenvalue weighted by Gasteiger charge is 2.32. The lowest BCUT2D eigenvalue weighted by Gasteiger charge is -2.28. The fraction of sp³-hybridized carbons (Fsp3) is 0.400. The van der Waals surface area contributed by atoms with Crippen LogP contribution in [-0.2, 0) is 0 Å². The second kappa shape index (κ2) is 5.10. The van der Waals surface area contributed by atoms with Crippen molar-refractivity contribution in [1.29, 1.82) is 0 Å². The fourth-order valence-corrected chi connectivity index (χ4v) is 1.54. The summed E-state index contributed by atoms with van der Waals surface area (Å²) in [5.74, 6) is -0.913. The number of alkyl halides is 3. The van der Waals surface area contributed by atoms with Crippen LogP contribution in [0.3, 0.4) is 0 Å². The van der Waals surface area contributed by atoms with Gasteiger partial charge in [0, 0.05) is 11.6 Å². The quantitative estimate of drug-likeness (QED) is 0.834. The average Bonchev–Trinajstić information content (AvgIpc) is 2.05. The number of ether oxygens (including phenoxy) is 1. The number of rotatable bonds is 2. The van der Waals surface area contributed by atoms with Gasteiger partial charge < -0.3 is 10.1 Å². The molecule has 0 radical (unpaired) electrons. The monoisotopic (exact) mass is 271 g/mol. The van der Waals surface area contributed by atoms with Gasteiger partial charge in [-0.3, -0.25) is 0 Å². The zero-order chi connectivity index (χ0) is 11.8. The molecule has 0 saturated carbocycles. The third-order valence-corrected chi connectivity index (χ3v) is 2.40. The highest BCUT2D eigenvalue weighted by molar-refractivity contribution is 5.85. The molecule has 1 aliphatic heterocycles. The number of halogens is 5. The molecule has 1 atom stereocenters. The van der Waals surface area contributed by atoms with Crippen molar-refractivity contribution in [3.05, 3.63) is 29.6 Å². The zero-order valence-corrected chi connectivity index (χ0v) is 9.37. The first-order valence-electron chi connectivity index (χ1n) is 4.74. The second-order valence-corrected chi connectivity index (χ2v) is 3.53. The lowest BCUT2D eigenvalue weighted by atomic mass is 9.97. The Morgan fingerprint density at radius 2 is 1.94 bits per heavy atom. The fourth-order valence-electron chi connectivity index (χ4n) is 1.54. The molecule has 0 unspecified atom stereocenters. The number of benzene rings is 1. The summed E-state index contributed by atoms with van der Waals surface area (Å²) < 4.78 is 52.8. The van der Waals surface area contributed by atoms with E-state index in [1.807, 2.05) is 0 Å². The Hall–Kier alpha value is -1.01. The molecular formula is C10H10ClF4NO. The predicted octanol–water partition coefficient (Wildman–Crippen LogP) is 3.18. The van der Waals surface area contributed by atoms with E-state index < -0.39 is 17.9 Å². The largest absolute Gasteiger partial charge is 0.573 e. The molecule has 0 bridgehead atoms. The summed E-state index contributed by atoms with van der Waals surface area (Å²) in [6, 6.07) is 2.82. The van der Waals surface area contributed by atoms with E-state index in [-0.39, 0.29) is 24.0 Å². The van der Waals surface area contributed by atoms with Crippen molar-refractivity contribution in [3.8, 4) is 5.75 Å². The van der Waals surface area contributed by atoms with Crippen LogP contribution in [0.2, 0.25) is 0 Å². The molecule has 0 amide bonds. The summed E-state index contributed by atoms with van der Waals surface area (Å²) in [7, 11) is 0. The molecule has 1 aromatic carbocycles. The minimum absolute atomic E-state index is 0. The van der Waals surface area contributed by atoms with Gasteiger partial charge in [-0.05, 0) is 31.2 Å². The van der Waals surface area contributed by atoms with Gasteiger partial charge in [0.25, 0.3) is 0 Å². The summed E-state index contributed by atoms with van der Waals surface area (Å²) in [5, 5.41) is 2.92. The maximum atomic E-state index is 13.3. The third kappa shape index (κ3) is 3.47. The molecule has 0 spiro atoms. The molecule has 1 aromatic rings. The Morgan fingerprint density at radius 1 is 1.29 bits per heavy atom. The third-order valence-electron chi connectivity index (χ3n) is 2.40. The molecule has 2 rings (SSSR count). The summed E-state index contributed by atoms with van der Waals surface area (Å²) in [6.45, 7) is 0.745. The van der Waals surface area contributed by atoms with Gasteiger partial charge in [0.1, 0.15) is 11.6 Å². The lowest BCUT2D eigenvalue weighted by Crippen LogP contribution is -2.35. The molecule has 17 heavy (non-hydrogen) atoms. The molecule has 2 nitrogen and oxygen atoms in total. The molecule has 1 aliphatic rings. The highest BCUT2D eigenvalue weighted by Crippen LogP contribution is 2.30. The second-order valence-electron chi connectivity index (χ2n) is 3.53. The smallest absolute Gasteiger partial charge is 0.406 e. The molecule has 1 N–H and O–H groups in total. The van der Waals surface area contributed by atoms with E-state index in [1.54, 1.807) is 0 Å². The van der Waals surface area contributed by atoms with Gasteiger partial charge in [0.05, 0.1) is 0 Å². The molecule has 1 heterocycles. The van der Waals surface area contributed by atoms with Crippen LogP contribution in [-0.4, -0.2) is 12.9 Å². The molecular weight excluding hydrogens is 262 g/mol. The van der Waals surface area contributed by atoms with Crippen molar-refractivity contribution < 1.29 is 22.3 Å². The Labute approximate surface area is 101 Å². The standard InChI is InChI=1S/C10H9F4NO.ClH/c11-8-2-1-6(16-10(12,13)14)5-7(8)9-3-4-15-9;/h1-2,5,9,15H,3-4H2;1H/t9-;/m1./s1. The van der Waals surface area contributed by atoms with Gasteiger partial charge in [0.2, 0.25) is 0 Å². The molecule has 1 saturated heterocycles. The van der Waals surface area contributed by atoms with E-state index in [1.165, 1.54) is 0 Å². The summed E-state index contributed by atoms with van der Waals surface area (Å²) in [6.07, 6.45) is -4.03. The van der Waals surface area contributed by atoms with E-state index in [9.17, 15) is 17.6 Å². The zero-order valence-electron chi connectivity index (χ0n) is 8.55. The van der Waals surface area contributed by atoms with Crippen LogP contribution < -0.4 is 10.1 Å². The van der Waals surface area contributed by atoms with Gasteiger partial charge in [-0.1, -0.05) is 0 Å². The van der Waals surface area contributed by atoms with Gasteiger partial charge in [-0.2, -0.15) is 0 Å². The minimum Gasteiger partial charge on any atom is -0.406 e.